The Bertz CT molecular complexity index is 1260. The standard InChI is InChI=1S/C27H40N8O4/c1-6-17(32-26(38)33-18-9-7-16(8-10-18)27(2,3)4)11-12-34(5)13-19-21(36)22(37)25(39-19)35-15-31-20-23(28)29-14-30-24(20)35/h7-10,14-15,17,19,21-22,25,36-37H,6,11-13H2,1-5H3,(H2,28,29,30)(H2,32,33,38)/t17-,19+,21+,22+,25+/m0/s1. The lowest BCUT2D eigenvalue weighted by atomic mass is 9.87. The van der Waals surface area contributed by atoms with Gasteiger partial charge in [-0.3, -0.25) is 4.57 Å². The molecule has 0 aliphatic carbocycles. The molecule has 2 aromatic heterocycles. The molecule has 212 valence electrons. The third-order valence-corrected chi connectivity index (χ3v) is 7.19. The number of carbonyl (C=O) groups excluding carboxylic acids is 1. The normalized spacial score (nSPS) is 22.4. The molecular formula is C27H40N8O4. The van der Waals surface area contributed by atoms with E-state index in [2.05, 4.69) is 46.4 Å². The Labute approximate surface area is 228 Å². The smallest absolute Gasteiger partial charge is 0.319 e. The number of nitrogen functional groups attached to an aromatic ring is 1. The summed E-state index contributed by atoms with van der Waals surface area (Å²) < 4.78 is 7.61. The molecule has 1 aliphatic heterocycles. The number of nitrogens with zero attached hydrogens (tertiary/aromatic N) is 5. The van der Waals surface area contributed by atoms with E-state index in [0.29, 0.717) is 30.7 Å². The fourth-order valence-electron chi connectivity index (χ4n) is 4.73. The number of imidazole rings is 1. The lowest BCUT2D eigenvalue weighted by Gasteiger charge is -2.25. The van der Waals surface area contributed by atoms with Gasteiger partial charge in [-0.1, -0.05) is 39.8 Å². The quantitative estimate of drug-likeness (QED) is 0.274. The Hall–Kier alpha value is -3.32. The van der Waals surface area contributed by atoms with Crippen LogP contribution in [0, 0.1) is 0 Å². The van der Waals surface area contributed by atoms with E-state index >= 15 is 0 Å². The number of fused-ring (bicyclic) bond motifs is 1. The highest BCUT2D eigenvalue weighted by atomic mass is 16.6. The van der Waals surface area contributed by atoms with Gasteiger partial charge in [0.05, 0.1) is 6.33 Å². The highest BCUT2D eigenvalue weighted by Crippen LogP contribution is 2.32. The average molecular weight is 541 g/mol. The van der Waals surface area contributed by atoms with Crippen LogP contribution in [-0.4, -0.2) is 85.2 Å². The predicted octanol–water partition coefficient (Wildman–Crippen LogP) is 2.25. The van der Waals surface area contributed by atoms with Gasteiger partial charge < -0.3 is 36.2 Å². The molecule has 2 amide bonds. The second-order valence-corrected chi connectivity index (χ2v) is 11.2. The molecule has 0 unspecified atom stereocenters. The van der Waals surface area contributed by atoms with Crippen LogP contribution >= 0.6 is 0 Å². The van der Waals surface area contributed by atoms with Crippen LogP contribution in [0.5, 0.6) is 0 Å². The summed E-state index contributed by atoms with van der Waals surface area (Å²) >= 11 is 0. The first-order valence-electron chi connectivity index (χ1n) is 13.3. The largest absolute Gasteiger partial charge is 0.387 e. The molecule has 1 saturated heterocycles. The van der Waals surface area contributed by atoms with E-state index < -0.39 is 24.5 Å². The number of ether oxygens (including phenoxy) is 1. The first-order valence-corrected chi connectivity index (χ1v) is 13.3. The zero-order chi connectivity index (χ0) is 28.3. The summed E-state index contributed by atoms with van der Waals surface area (Å²) in [6.07, 6.45) is 0.534. The van der Waals surface area contributed by atoms with E-state index in [1.54, 1.807) is 4.57 Å². The zero-order valence-corrected chi connectivity index (χ0v) is 23.2. The Morgan fingerprint density at radius 3 is 2.56 bits per heavy atom. The molecule has 3 aromatic rings. The van der Waals surface area contributed by atoms with Crippen molar-refractivity contribution in [1.82, 2.24) is 29.7 Å². The molecule has 39 heavy (non-hydrogen) atoms. The van der Waals surface area contributed by atoms with E-state index in [1.807, 2.05) is 43.1 Å². The van der Waals surface area contributed by atoms with Gasteiger partial charge in [-0.05, 0) is 49.5 Å². The molecule has 4 rings (SSSR count). The number of urea groups is 1. The van der Waals surface area contributed by atoms with Gasteiger partial charge >= 0.3 is 6.03 Å². The monoisotopic (exact) mass is 540 g/mol. The molecule has 0 radical (unpaired) electrons. The van der Waals surface area contributed by atoms with Gasteiger partial charge in [-0.15, -0.1) is 0 Å². The van der Waals surface area contributed by atoms with Gasteiger partial charge in [0.2, 0.25) is 0 Å². The number of hydrogen-bond acceptors (Lipinski definition) is 9. The summed E-state index contributed by atoms with van der Waals surface area (Å²) in [5.74, 6) is 0.231. The van der Waals surface area contributed by atoms with Crippen LogP contribution in [-0.2, 0) is 10.2 Å². The summed E-state index contributed by atoms with van der Waals surface area (Å²) in [7, 11) is 1.92. The van der Waals surface area contributed by atoms with Gasteiger partial charge in [0, 0.05) is 18.3 Å². The van der Waals surface area contributed by atoms with Crippen LogP contribution in [0.25, 0.3) is 11.2 Å². The minimum absolute atomic E-state index is 0.0310. The Morgan fingerprint density at radius 2 is 1.90 bits per heavy atom. The van der Waals surface area contributed by atoms with Gasteiger partial charge in [-0.25, -0.2) is 19.7 Å². The number of aromatic nitrogens is 4. The predicted molar refractivity (Wildman–Crippen MR) is 149 cm³/mol. The third-order valence-electron chi connectivity index (χ3n) is 7.19. The highest BCUT2D eigenvalue weighted by Gasteiger charge is 2.44. The van der Waals surface area contributed by atoms with Crippen molar-refractivity contribution in [1.29, 1.82) is 0 Å². The fourth-order valence-corrected chi connectivity index (χ4v) is 4.73. The molecule has 1 aromatic carbocycles. The van der Waals surface area contributed by atoms with Gasteiger partial charge in [-0.2, -0.15) is 0 Å². The van der Waals surface area contributed by atoms with E-state index in [1.165, 1.54) is 18.2 Å². The second kappa shape index (κ2) is 11.8. The van der Waals surface area contributed by atoms with Crippen LogP contribution in [0.3, 0.4) is 0 Å². The van der Waals surface area contributed by atoms with Crippen molar-refractivity contribution in [2.24, 2.45) is 0 Å². The molecule has 12 nitrogen and oxygen atoms in total. The maximum atomic E-state index is 12.6. The first-order chi connectivity index (χ1) is 18.5. The molecule has 1 aliphatic rings. The number of anilines is 2. The molecule has 12 heteroatoms. The Kier molecular flexibility index (Phi) is 8.70. The summed E-state index contributed by atoms with van der Waals surface area (Å²) in [5.41, 5.74) is 8.70. The van der Waals surface area contributed by atoms with Crippen molar-refractivity contribution in [2.45, 2.75) is 76.5 Å². The van der Waals surface area contributed by atoms with E-state index in [4.69, 9.17) is 10.5 Å². The Morgan fingerprint density at radius 1 is 1.18 bits per heavy atom. The first kappa shape index (κ1) is 28.7. The van der Waals surface area contributed by atoms with E-state index in [9.17, 15) is 15.0 Å². The topological polar surface area (TPSA) is 164 Å². The van der Waals surface area contributed by atoms with Gasteiger partial charge in [0.25, 0.3) is 0 Å². The molecule has 6 N–H and O–H groups in total. The number of likely N-dealkylation sites (N-methyl/N-ethyl adjacent to an activating group) is 1. The number of nitrogens with two attached hydrogens (primary N) is 1. The number of carbonyl (C=O) groups is 1. The molecule has 1 fully saturated rings. The van der Waals surface area contributed by atoms with Crippen LogP contribution < -0.4 is 16.4 Å². The summed E-state index contributed by atoms with van der Waals surface area (Å²) in [6.45, 7) is 9.53. The van der Waals surface area contributed by atoms with Crippen molar-refractivity contribution in [3.8, 4) is 0 Å². The lowest BCUT2D eigenvalue weighted by Crippen LogP contribution is -2.42. The molecule has 0 bridgehead atoms. The highest BCUT2D eigenvalue weighted by molar-refractivity contribution is 5.89. The number of hydrogen-bond donors (Lipinski definition) is 5. The number of aliphatic hydroxyl groups is 2. The number of aliphatic hydroxyl groups excluding tert-OH is 2. The summed E-state index contributed by atoms with van der Waals surface area (Å²) in [6, 6.07) is 7.61. The van der Waals surface area contributed by atoms with Crippen LogP contribution in [0.2, 0.25) is 0 Å². The molecule has 0 saturated carbocycles. The van der Waals surface area contributed by atoms with Crippen molar-refractivity contribution >= 4 is 28.7 Å². The van der Waals surface area contributed by atoms with Crippen LogP contribution in [0.1, 0.15) is 52.3 Å². The number of benzene rings is 1. The Balaban J connectivity index is 1.27. The fraction of sp³-hybridized carbons (Fsp3) is 0.556. The second-order valence-electron chi connectivity index (χ2n) is 11.2. The molecule has 5 atom stereocenters. The van der Waals surface area contributed by atoms with Crippen molar-refractivity contribution in [2.75, 3.05) is 31.2 Å². The maximum Gasteiger partial charge on any atom is 0.319 e. The molecule has 3 heterocycles. The lowest BCUT2D eigenvalue weighted by molar-refractivity contribution is -0.0423. The van der Waals surface area contributed by atoms with Crippen molar-refractivity contribution < 1.29 is 19.7 Å². The molecule has 0 spiro atoms. The number of amides is 2. The van der Waals surface area contributed by atoms with E-state index in [0.717, 1.165) is 12.1 Å². The SMILES string of the molecule is CC[C@@H](CCN(C)C[C@H]1O[C@@H](n2cnc3c(N)ncnc32)[C@H](O)[C@@H]1O)NC(=O)Nc1ccc(C(C)(C)C)cc1. The maximum absolute atomic E-state index is 12.6. The van der Waals surface area contributed by atoms with Gasteiger partial charge in [0.15, 0.2) is 17.7 Å². The number of nitrogens with one attached hydrogen (secondary N) is 2. The zero-order valence-electron chi connectivity index (χ0n) is 23.2. The van der Waals surface area contributed by atoms with Crippen LogP contribution in [0.4, 0.5) is 16.3 Å². The van der Waals surface area contributed by atoms with Gasteiger partial charge in [0.1, 0.15) is 30.2 Å². The van der Waals surface area contributed by atoms with Crippen molar-refractivity contribution in [3.05, 3.63) is 42.5 Å². The third kappa shape index (κ3) is 6.64. The summed E-state index contributed by atoms with van der Waals surface area (Å²) in [5, 5.41) is 27.3. The minimum atomic E-state index is -1.16. The van der Waals surface area contributed by atoms with Crippen LogP contribution in [0.15, 0.2) is 36.9 Å². The average Bonchev–Trinajstić information content (AvgIpc) is 3.43. The molecular weight excluding hydrogens is 500 g/mol. The van der Waals surface area contributed by atoms with Crippen molar-refractivity contribution in [3.63, 3.8) is 0 Å². The van der Waals surface area contributed by atoms with E-state index in [-0.39, 0.29) is 23.3 Å². The summed E-state index contributed by atoms with van der Waals surface area (Å²) in [4.78, 5) is 27.0. The minimum Gasteiger partial charge on any atom is -0.387 e. The number of rotatable bonds is 9.